The van der Waals surface area contributed by atoms with Crippen molar-refractivity contribution in [2.45, 2.75) is 18.9 Å². The van der Waals surface area contributed by atoms with Crippen LogP contribution in [0.1, 0.15) is 12.8 Å². The van der Waals surface area contributed by atoms with Crippen molar-refractivity contribution in [1.29, 1.82) is 0 Å². The Morgan fingerprint density at radius 1 is 1.17 bits per heavy atom. The Morgan fingerprint density at radius 3 is 2.78 bits per heavy atom. The number of nitrogens with zero attached hydrogens (tertiary/aromatic N) is 1. The lowest BCUT2D eigenvalue weighted by Gasteiger charge is -2.23. The molecule has 0 spiro atoms. The first-order chi connectivity index (χ1) is 8.81. The third-order valence-electron chi connectivity index (χ3n) is 3.25. The van der Waals surface area contributed by atoms with Crippen LogP contribution in [-0.4, -0.2) is 29.3 Å². The average molecular weight is 244 g/mol. The van der Waals surface area contributed by atoms with Gasteiger partial charge in [0.1, 0.15) is 11.6 Å². The number of pyridine rings is 1. The molecule has 0 atom stereocenters. The number of fused-ring (bicyclic) bond motifs is 1. The molecular formula is C14H16N2O2. The summed E-state index contributed by atoms with van der Waals surface area (Å²) in [6.07, 6.45) is 2.03. The van der Waals surface area contributed by atoms with Crippen molar-refractivity contribution < 1.29 is 9.84 Å². The number of aromatic hydroxyl groups is 1. The van der Waals surface area contributed by atoms with Crippen LogP contribution in [0.2, 0.25) is 0 Å². The number of rotatable bonds is 2. The maximum absolute atomic E-state index is 9.47. The Bertz CT molecular complexity index is 550. The van der Waals surface area contributed by atoms with Crippen LogP contribution in [0.5, 0.6) is 5.75 Å². The van der Waals surface area contributed by atoms with Crippen LogP contribution in [0.15, 0.2) is 30.3 Å². The van der Waals surface area contributed by atoms with Crippen molar-refractivity contribution in [1.82, 2.24) is 4.98 Å². The average Bonchev–Trinajstić information content (AvgIpc) is 2.39. The van der Waals surface area contributed by atoms with Gasteiger partial charge in [0, 0.05) is 30.7 Å². The van der Waals surface area contributed by atoms with E-state index in [0.29, 0.717) is 6.04 Å². The lowest BCUT2D eigenvalue weighted by Crippen LogP contribution is -2.28. The van der Waals surface area contributed by atoms with Gasteiger partial charge in [-0.1, -0.05) is 0 Å². The minimum absolute atomic E-state index is 0.248. The first-order valence-corrected chi connectivity index (χ1v) is 6.25. The number of hydrogen-bond acceptors (Lipinski definition) is 4. The molecule has 0 unspecified atom stereocenters. The van der Waals surface area contributed by atoms with Gasteiger partial charge in [-0.25, -0.2) is 4.98 Å². The molecule has 0 amide bonds. The Kier molecular flexibility index (Phi) is 3.02. The van der Waals surface area contributed by atoms with Crippen LogP contribution in [0.4, 0.5) is 5.82 Å². The SMILES string of the molecule is Oc1ccc2ccc(NC3CCOCC3)nc2c1. The van der Waals surface area contributed by atoms with Crippen LogP contribution in [0, 0.1) is 0 Å². The number of aromatic nitrogens is 1. The monoisotopic (exact) mass is 244 g/mol. The summed E-state index contributed by atoms with van der Waals surface area (Å²) in [6.45, 7) is 1.62. The quantitative estimate of drug-likeness (QED) is 0.852. The number of phenolic OH excluding ortho intramolecular Hbond substituents is 1. The lowest BCUT2D eigenvalue weighted by molar-refractivity contribution is 0.0904. The Hall–Kier alpha value is -1.81. The van der Waals surface area contributed by atoms with Gasteiger partial charge < -0.3 is 15.2 Å². The van der Waals surface area contributed by atoms with Gasteiger partial charge in [0.2, 0.25) is 0 Å². The first-order valence-electron chi connectivity index (χ1n) is 6.25. The summed E-state index contributed by atoms with van der Waals surface area (Å²) in [5.41, 5.74) is 0.812. The van der Waals surface area contributed by atoms with Gasteiger partial charge in [-0.15, -0.1) is 0 Å². The van der Waals surface area contributed by atoms with E-state index >= 15 is 0 Å². The van der Waals surface area contributed by atoms with Crippen molar-refractivity contribution in [2.24, 2.45) is 0 Å². The molecule has 1 fully saturated rings. The largest absolute Gasteiger partial charge is 0.508 e. The normalized spacial score (nSPS) is 16.9. The second-order valence-electron chi connectivity index (χ2n) is 4.60. The topological polar surface area (TPSA) is 54.4 Å². The third kappa shape index (κ3) is 2.38. The Labute approximate surface area is 106 Å². The van der Waals surface area contributed by atoms with Gasteiger partial charge in [-0.2, -0.15) is 0 Å². The van der Waals surface area contributed by atoms with Crippen molar-refractivity contribution in [3.8, 4) is 5.75 Å². The van der Waals surface area contributed by atoms with Crippen molar-refractivity contribution >= 4 is 16.7 Å². The van der Waals surface area contributed by atoms with E-state index in [-0.39, 0.29) is 5.75 Å². The second kappa shape index (κ2) is 4.82. The van der Waals surface area contributed by atoms with E-state index in [0.717, 1.165) is 42.8 Å². The summed E-state index contributed by atoms with van der Waals surface area (Å²) >= 11 is 0. The Morgan fingerprint density at radius 2 is 1.94 bits per heavy atom. The molecule has 2 N–H and O–H groups in total. The van der Waals surface area contributed by atoms with Gasteiger partial charge >= 0.3 is 0 Å². The standard InChI is InChI=1S/C14H16N2O2/c17-12-3-1-10-2-4-14(16-13(10)9-12)15-11-5-7-18-8-6-11/h1-4,9,11,17H,5-8H2,(H,15,16). The van der Waals surface area contributed by atoms with Crippen LogP contribution in [-0.2, 0) is 4.74 Å². The van der Waals surface area contributed by atoms with Crippen molar-refractivity contribution in [2.75, 3.05) is 18.5 Å². The highest BCUT2D eigenvalue weighted by Gasteiger charge is 2.13. The number of ether oxygens (including phenoxy) is 1. The van der Waals surface area contributed by atoms with Crippen LogP contribution in [0.25, 0.3) is 10.9 Å². The fraction of sp³-hybridized carbons (Fsp3) is 0.357. The maximum atomic E-state index is 9.47. The molecule has 4 heteroatoms. The summed E-state index contributed by atoms with van der Waals surface area (Å²) in [5.74, 6) is 1.11. The van der Waals surface area contributed by atoms with E-state index in [4.69, 9.17) is 4.74 Å². The zero-order valence-electron chi connectivity index (χ0n) is 10.1. The number of phenols is 1. The highest BCUT2D eigenvalue weighted by Crippen LogP contribution is 2.21. The second-order valence-corrected chi connectivity index (χ2v) is 4.60. The number of nitrogens with one attached hydrogen (secondary N) is 1. The number of hydrogen-bond donors (Lipinski definition) is 2. The van der Waals surface area contributed by atoms with Crippen LogP contribution in [0.3, 0.4) is 0 Å². The molecule has 4 nitrogen and oxygen atoms in total. The smallest absolute Gasteiger partial charge is 0.126 e. The molecule has 2 heterocycles. The molecule has 2 aromatic rings. The van der Waals surface area contributed by atoms with Crippen LogP contribution < -0.4 is 5.32 Å². The Balaban J connectivity index is 1.83. The van der Waals surface area contributed by atoms with E-state index in [1.54, 1.807) is 12.1 Å². The molecule has 1 aliphatic heterocycles. The summed E-state index contributed by atoms with van der Waals surface area (Å²) in [6, 6.07) is 9.66. The molecule has 0 saturated carbocycles. The summed E-state index contributed by atoms with van der Waals surface area (Å²) in [4.78, 5) is 4.52. The molecule has 1 aromatic heterocycles. The molecular weight excluding hydrogens is 228 g/mol. The minimum Gasteiger partial charge on any atom is -0.508 e. The molecule has 0 bridgehead atoms. The fourth-order valence-electron chi connectivity index (χ4n) is 2.24. The number of anilines is 1. The fourth-order valence-corrected chi connectivity index (χ4v) is 2.24. The molecule has 3 rings (SSSR count). The van der Waals surface area contributed by atoms with E-state index < -0.39 is 0 Å². The van der Waals surface area contributed by atoms with Crippen molar-refractivity contribution in [3.63, 3.8) is 0 Å². The van der Waals surface area contributed by atoms with Gasteiger partial charge in [-0.3, -0.25) is 0 Å². The highest BCUT2D eigenvalue weighted by molar-refractivity contribution is 5.81. The van der Waals surface area contributed by atoms with Gasteiger partial charge in [0.05, 0.1) is 5.52 Å². The van der Waals surface area contributed by atoms with Gasteiger partial charge in [-0.05, 0) is 37.1 Å². The zero-order chi connectivity index (χ0) is 12.4. The lowest BCUT2D eigenvalue weighted by atomic mass is 10.1. The summed E-state index contributed by atoms with van der Waals surface area (Å²) < 4.78 is 5.33. The molecule has 1 saturated heterocycles. The number of benzene rings is 1. The molecule has 1 aliphatic rings. The van der Waals surface area contributed by atoms with Gasteiger partial charge in [0.25, 0.3) is 0 Å². The summed E-state index contributed by atoms with van der Waals surface area (Å²) in [5, 5.41) is 13.9. The molecule has 18 heavy (non-hydrogen) atoms. The first kappa shape index (κ1) is 11.3. The van der Waals surface area contributed by atoms with E-state index in [2.05, 4.69) is 10.3 Å². The van der Waals surface area contributed by atoms with Crippen LogP contribution >= 0.6 is 0 Å². The highest BCUT2D eigenvalue weighted by atomic mass is 16.5. The predicted octanol–water partition coefficient (Wildman–Crippen LogP) is 2.53. The van der Waals surface area contributed by atoms with E-state index in [9.17, 15) is 5.11 Å². The van der Waals surface area contributed by atoms with E-state index in [1.165, 1.54) is 0 Å². The zero-order valence-corrected chi connectivity index (χ0v) is 10.1. The predicted molar refractivity (Wildman–Crippen MR) is 70.9 cm³/mol. The van der Waals surface area contributed by atoms with E-state index in [1.807, 2.05) is 18.2 Å². The molecule has 0 radical (unpaired) electrons. The third-order valence-corrected chi connectivity index (χ3v) is 3.25. The van der Waals surface area contributed by atoms with Gasteiger partial charge in [0.15, 0.2) is 0 Å². The van der Waals surface area contributed by atoms with Crippen molar-refractivity contribution in [3.05, 3.63) is 30.3 Å². The molecule has 94 valence electrons. The molecule has 1 aromatic carbocycles. The summed E-state index contributed by atoms with van der Waals surface area (Å²) in [7, 11) is 0. The maximum Gasteiger partial charge on any atom is 0.126 e. The minimum atomic E-state index is 0.248. The molecule has 0 aliphatic carbocycles.